The first kappa shape index (κ1) is 13.4. The van der Waals surface area contributed by atoms with E-state index in [9.17, 15) is 0 Å². The van der Waals surface area contributed by atoms with E-state index < -0.39 is 0 Å². The highest BCUT2D eigenvalue weighted by atomic mass is 15.2. The van der Waals surface area contributed by atoms with Crippen molar-refractivity contribution >= 4 is 0 Å². The number of hydrogen-bond acceptors (Lipinski definition) is 4. The average molecular weight is 248 g/mol. The number of nitrogens with zero attached hydrogens (tertiary/aromatic N) is 3. The van der Waals surface area contributed by atoms with Gasteiger partial charge in [-0.2, -0.15) is 0 Å². The maximum absolute atomic E-state index is 4.30. The highest BCUT2D eigenvalue weighted by molar-refractivity contribution is 4.90. The van der Waals surface area contributed by atoms with E-state index in [1.165, 1.54) is 12.8 Å². The lowest BCUT2D eigenvalue weighted by molar-refractivity contribution is 0.138. The van der Waals surface area contributed by atoms with E-state index >= 15 is 0 Å². The molecular weight excluding hydrogens is 224 g/mol. The van der Waals surface area contributed by atoms with Gasteiger partial charge in [0.1, 0.15) is 5.82 Å². The molecule has 1 aliphatic heterocycles. The largest absolute Gasteiger partial charge is 0.314 e. The maximum atomic E-state index is 4.30. The number of nitrogens with one attached hydrogen (secondary N) is 1. The standard InChI is InChI=1S/C14H24N4/c1-3-6-15-13-5-9-18(10-12(13)2)11-14-16-7-4-8-17-14/h4,7-8,12-13,15H,3,5-6,9-11H2,1-2H3. The zero-order valence-electron chi connectivity index (χ0n) is 11.5. The summed E-state index contributed by atoms with van der Waals surface area (Å²) in [5, 5.41) is 3.65. The number of aromatic nitrogens is 2. The minimum Gasteiger partial charge on any atom is -0.314 e. The van der Waals surface area contributed by atoms with Crippen molar-refractivity contribution in [3.63, 3.8) is 0 Å². The molecule has 0 amide bonds. The highest BCUT2D eigenvalue weighted by Crippen LogP contribution is 2.17. The van der Waals surface area contributed by atoms with Crippen LogP contribution in [0.25, 0.3) is 0 Å². The molecule has 4 nitrogen and oxygen atoms in total. The van der Waals surface area contributed by atoms with Gasteiger partial charge in [0, 0.05) is 31.5 Å². The van der Waals surface area contributed by atoms with E-state index in [0.29, 0.717) is 12.0 Å². The van der Waals surface area contributed by atoms with E-state index in [-0.39, 0.29) is 0 Å². The zero-order valence-corrected chi connectivity index (χ0v) is 11.5. The summed E-state index contributed by atoms with van der Waals surface area (Å²) in [5.41, 5.74) is 0. The van der Waals surface area contributed by atoms with Crippen molar-refractivity contribution in [2.24, 2.45) is 5.92 Å². The number of hydrogen-bond donors (Lipinski definition) is 1. The summed E-state index contributed by atoms with van der Waals surface area (Å²) < 4.78 is 0. The van der Waals surface area contributed by atoms with Crippen LogP contribution in [-0.2, 0) is 6.54 Å². The fraction of sp³-hybridized carbons (Fsp3) is 0.714. The number of rotatable bonds is 5. The van der Waals surface area contributed by atoms with Gasteiger partial charge >= 0.3 is 0 Å². The number of piperidine rings is 1. The van der Waals surface area contributed by atoms with Crippen LogP contribution in [-0.4, -0.2) is 40.5 Å². The normalized spacial score (nSPS) is 25.2. The molecule has 0 saturated carbocycles. The minimum atomic E-state index is 0.679. The van der Waals surface area contributed by atoms with Gasteiger partial charge in [0.05, 0.1) is 6.54 Å². The van der Waals surface area contributed by atoms with Crippen molar-refractivity contribution in [2.75, 3.05) is 19.6 Å². The van der Waals surface area contributed by atoms with E-state index in [2.05, 4.69) is 34.0 Å². The third-order valence-corrected chi connectivity index (χ3v) is 3.63. The van der Waals surface area contributed by atoms with Crippen LogP contribution in [0, 0.1) is 5.92 Å². The molecular formula is C14H24N4. The maximum Gasteiger partial charge on any atom is 0.142 e. The Morgan fingerprint density at radius 2 is 2.17 bits per heavy atom. The van der Waals surface area contributed by atoms with Crippen LogP contribution in [0.1, 0.15) is 32.5 Å². The van der Waals surface area contributed by atoms with Gasteiger partial charge in [-0.25, -0.2) is 9.97 Å². The van der Waals surface area contributed by atoms with E-state index in [1.54, 1.807) is 0 Å². The SMILES string of the molecule is CCCNC1CCN(Cc2ncccn2)CC1C. The molecule has 0 aromatic carbocycles. The average Bonchev–Trinajstić information content (AvgIpc) is 2.39. The quantitative estimate of drug-likeness (QED) is 0.861. The van der Waals surface area contributed by atoms with Gasteiger partial charge in [0.15, 0.2) is 0 Å². The second kappa shape index (κ2) is 6.81. The van der Waals surface area contributed by atoms with Crippen molar-refractivity contribution in [1.82, 2.24) is 20.2 Å². The van der Waals surface area contributed by atoms with Crippen molar-refractivity contribution in [3.05, 3.63) is 24.3 Å². The van der Waals surface area contributed by atoms with Crippen LogP contribution in [0.15, 0.2) is 18.5 Å². The molecule has 2 atom stereocenters. The molecule has 0 spiro atoms. The third kappa shape index (κ3) is 3.75. The highest BCUT2D eigenvalue weighted by Gasteiger charge is 2.25. The summed E-state index contributed by atoms with van der Waals surface area (Å²) in [4.78, 5) is 11.1. The van der Waals surface area contributed by atoms with E-state index in [4.69, 9.17) is 0 Å². The summed E-state index contributed by atoms with van der Waals surface area (Å²) in [7, 11) is 0. The topological polar surface area (TPSA) is 41.0 Å². The molecule has 0 bridgehead atoms. The predicted octanol–water partition coefficient (Wildman–Crippen LogP) is 1.69. The van der Waals surface area contributed by atoms with Crippen LogP contribution in [0.2, 0.25) is 0 Å². The first-order valence-corrected chi connectivity index (χ1v) is 7.01. The predicted molar refractivity (Wildman–Crippen MR) is 73.2 cm³/mol. The summed E-state index contributed by atoms with van der Waals surface area (Å²) in [6.07, 6.45) is 6.08. The Bertz CT molecular complexity index is 341. The van der Waals surface area contributed by atoms with Gasteiger partial charge in [0.25, 0.3) is 0 Å². The third-order valence-electron chi connectivity index (χ3n) is 3.63. The fourth-order valence-electron chi connectivity index (χ4n) is 2.62. The Morgan fingerprint density at radius 3 is 2.83 bits per heavy atom. The lowest BCUT2D eigenvalue weighted by atomic mass is 9.93. The molecule has 0 radical (unpaired) electrons. The summed E-state index contributed by atoms with van der Waals surface area (Å²) in [5.74, 6) is 1.64. The molecule has 1 aliphatic rings. The zero-order chi connectivity index (χ0) is 12.8. The lowest BCUT2D eigenvalue weighted by Crippen LogP contribution is -2.48. The van der Waals surface area contributed by atoms with Crippen molar-refractivity contribution in [3.8, 4) is 0 Å². The molecule has 2 heterocycles. The molecule has 1 aromatic rings. The van der Waals surface area contributed by atoms with Crippen molar-refractivity contribution in [1.29, 1.82) is 0 Å². The second-order valence-corrected chi connectivity index (χ2v) is 5.23. The van der Waals surface area contributed by atoms with E-state index in [0.717, 1.165) is 32.0 Å². The lowest BCUT2D eigenvalue weighted by Gasteiger charge is -2.37. The van der Waals surface area contributed by atoms with Crippen molar-refractivity contribution in [2.45, 2.75) is 39.3 Å². The molecule has 1 saturated heterocycles. The summed E-state index contributed by atoms with van der Waals surface area (Å²) >= 11 is 0. The molecule has 4 heteroatoms. The van der Waals surface area contributed by atoms with Crippen LogP contribution < -0.4 is 5.32 Å². The van der Waals surface area contributed by atoms with Crippen LogP contribution in [0.3, 0.4) is 0 Å². The van der Waals surface area contributed by atoms with Gasteiger partial charge in [0.2, 0.25) is 0 Å². The smallest absolute Gasteiger partial charge is 0.142 e. The molecule has 2 rings (SSSR count). The fourth-order valence-corrected chi connectivity index (χ4v) is 2.62. The Hall–Kier alpha value is -1.00. The Labute approximate surface area is 110 Å². The van der Waals surface area contributed by atoms with Crippen LogP contribution in [0.4, 0.5) is 0 Å². The van der Waals surface area contributed by atoms with Crippen LogP contribution >= 0.6 is 0 Å². The Morgan fingerprint density at radius 1 is 1.39 bits per heavy atom. The Balaban J connectivity index is 1.81. The van der Waals surface area contributed by atoms with Gasteiger partial charge < -0.3 is 5.32 Å². The molecule has 1 fully saturated rings. The first-order valence-electron chi connectivity index (χ1n) is 7.01. The molecule has 1 aromatic heterocycles. The van der Waals surface area contributed by atoms with Gasteiger partial charge in [-0.05, 0) is 31.4 Å². The molecule has 0 aliphatic carbocycles. The molecule has 1 N–H and O–H groups in total. The Kier molecular flexibility index (Phi) is 5.08. The summed E-state index contributed by atoms with van der Waals surface area (Å²) in [6, 6.07) is 2.55. The van der Waals surface area contributed by atoms with E-state index in [1.807, 2.05) is 18.5 Å². The minimum absolute atomic E-state index is 0.679. The van der Waals surface area contributed by atoms with Gasteiger partial charge in [-0.3, -0.25) is 4.90 Å². The monoisotopic (exact) mass is 248 g/mol. The van der Waals surface area contributed by atoms with Crippen LogP contribution in [0.5, 0.6) is 0 Å². The number of likely N-dealkylation sites (tertiary alicyclic amines) is 1. The molecule has 18 heavy (non-hydrogen) atoms. The first-order chi connectivity index (χ1) is 8.79. The molecule has 100 valence electrons. The second-order valence-electron chi connectivity index (χ2n) is 5.23. The van der Waals surface area contributed by atoms with Crippen molar-refractivity contribution < 1.29 is 0 Å². The van der Waals surface area contributed by atoms with Gasteiger partial charge in [-0.15, -0.1) is 0 Å². The summed E-state index contributed by atoms with van der Waals surface area (Å²) in [6.45, 7) is 8.86. The molecule has 2 unspecified atom stereocenters. The van der Waals surface area contributed by atoms with Gasteiger partial charge in [-0.1, -0.05) is 13.8 Å².